The SMILES string of the molecule is Cc1nc(N)nc(COc2ccc(C(C)(C)C)cc2C(C)(C)C)c1C(=O)NN. The summed E-state index contributed by atoms with van der Waals surface area (Å²) in [6.07, 6.45) is 0. The number of nitrogens with one attached hydrogen (secondary N) is 1. The smallest absolute Gasteiger partial charge is 0.269 e. The molecule has 1 heterocycles. The molecule has 0 spiro atoms. The van der Waals surface area contributed by atoms with E-state index in [1.807, 2.05) is 6.07 Å². The number of aromatic nitrogens is 2. The van der Waals surface area contributed by atoms with Crippen LogP contribution in [0.1, 0.15) is 74.4 Å². The monoisotopic (exact) mass is 385 g/mol. The van der Waals surface area contributed by atoms with Crippen LogP contribution in [0.25, 0.3) is 0 Å². The molecule has 5 N–H and O–H groups in total. The number of amides is 1. The van der Waals surface area contributed by atoms with Gasteiger partial charge in [0.05, 0.1) is 17.0 Å². The number of hydrogen-bond acceptors (Lipinski definition) is 6. The highest BCUT2D eigenvalue weighted by Crippen LogP contribution is 2.36. The van der Waals surface area contributed by atoms with Gasteiger partial charge in [-0.1, -0.05) is 53.7 Å². The van der Waals surface area contributed by atoms with Crippen LogP contribution < -0.4 is 21.7 Å². The molecule has 0 radical (unpaired) electrons. The summed E-state index contributed by atoms with van der Waals surface area (Å²) in [5, 5.41) is 0. The second-order valence-corrected chi connectivity index (χ2v) is 8.96. The molecule has 1 aromatic heterocycles. The maximum absolute atomic E-state index is 12.1. The average molecular weight is 386 g/mol. The molecule has 2 rings (SSSR count). The number of carbonyl (C=O) groups is 1. The van der Waals surface area contributed by atoms with E-state index >= 15 is 0 Å². The lowest BCUT2D eigenvalue weighted by atomic mass is 9.80. The zero-order chi connectivity index (χ0) is 21.3. The van der Waals surface area contributed by atoms with Crippen molar-refractivity contribution in [1.29, 1.82) is 0 Å². The standard InChI is InChI=1S/C21H31N5O2/c1-12-17(18(27)26-23)15(25-19(22)24-12)11-28-16-9-8-13(20(2,3)4)10-14(16)21(5,6)7/h8-10H,11,23H2,1-7H3,(H,26,27)(H2,22,24,25). The molecule has 0 saturated heterocycles. The molecule has 7 nitrogen and oxygen atoms in total. The third kappa shape index (κ3) is 4.78. The van der Waals surface area contributed by atoms with Crippen molar-refractivity contribution >= 4 is 11.9 Å². The molecule has 0 bridgehead atoms. The quantitative estimate of drug-likeness (QED) is 0.423. The third-order valence-corrected chi connectivity index (χ3v) is 4.56. The van der Waals surface area contributed by atoms with Crippen molar-refractivity contribution in [1.82, 2.24) is 15.4 Å². The zero-order valence-electron chi connectivity index (χ0n) is 17.8. The second kappa shape index (κ2) is 7.75. The van der Waals surface area contributed by atoms with Gasteiger partial charge < -0.3 is 10.5 Å². The molecular weight excluding hydrogens is 354 g/mol. The summed E-state index contributed by atoms with van der Waals surface area (Å²) < 4.78 is 6.10. The number of nitrogens with two attached hydrogens (primary N) is 2. The molecule has 0 fully saturated rings. The maximum atomic E-state index is 12.1. The minimum atomic E-state index is -0.477. The molecule has 1 aromatic carbocycles. The third-order valence-electron chi connectivity index (χ3n) is 4.56. The van der Waals surface area contributed by atoms with Crippen LogP contribution in [-0.2, 0) is 17.4 Å². The Morgan fingerprint density at radius 1 is 1.11 bits per heavy atom. The number of ether oxygens (including phenoxy) is 1. The predicted molar refractivity (Wildman–Crippen MR) is 111 cm³/mol. The summed E-state index contributed by atoms with van der Waals surface area (Å²) in [5.41, 5.74) is 11.2. The summed E-state index contributed by atoms with van der Waals surface area (Å²) in [7, 11) is 0. The Morgan fingerprint density at radius 2 is 1.75 bits per heavy atom. The van der Waals surface area contributed by atoms with E-state index in [1.54, 1.807) is 6.92 Å². The van der Waals surface area contributed by atoms with E-state index in [0.717, 1.165) is 11.3 Å². The van der Waals surface area contributed by atoms with Crippen LogP contribution >= 0.6 is 0 Å². The fourth-order valence-corrected chi connectivity index (χ4v) is 2.98. The van der Waals surface area contributed by atoms with Gasteiger partial charge in [0.15, 0.2) is 0 Å². The van der Waals surface area contributed by atoms with Gasteiger partial charge in [0.1, 0.15) is 12.4 Å². The molecule has 0 aliphatic heterocycles. The normalized spacial score (nSPS) is 12.0. The number of nitrogen functional groups attached to an aromatic ring is 2. The Balaban J connectivity index is 2.44. The highest BCUT2D eigenvalue weighted by Gasteiger charge is 2.24. The number of nitrogens with zero attached hydrogens (tertiary/aromatic N) is 2. The first-order valence-electron chi connectivity index (χ1n) is 9.26. The van der Waals surface area contributed by atoms with E-state index in [4.69, 9.17) is 16.3 Å². The number of rotatable bonds is 4. The summed E-state index contributed by atoms with van der Waals surface area (Å²) in [4.78, 5) is 20.4. The Bertz CT molecular complexity index is 880. The lowest BCUT2D eigenvalue weighted by Gasteiger charge is -2.27. The fourth-order valence-electron chi connectivity index (χ4n) is 2.98. The molecule has 0 aliphatic rings. The summed E-state index contributed by atoms with van der Waals surface area (Å²) in [5.74, 6) is 5.65. The molecule has 28 heavy (non-hydrogen) atoms. The van der Waals surface area contributed by atoms with Gasteiger partial charge in [0.2, 0.25) is 5.95 Å². The fraction of sp³-hybridized carbons (Fsp3) is 0.476. The number of hydrogen-bond donors (Lipinski definition) is 3. The predicted octanol–water partition coefficient (Wildman–Crippen LogP) is 3.14. The van der Waals surface area contributed by atoms with Gasteiger partial charge in [-0.05, 0) is 34.9 Å². The van der Waals surface area contributed by atoms with Crippen molar-refractivity contribution in [2.45, 2.75) is 65.9 Å². The lowest BCUT2D eigenvalue weighted by molar-refractivity contribution is 0.0949. The van der Waals surface area contributed by atoms with Crippen LogP contribution in [0.15, 0.2) is 18.2 Å². The van der Waals surface area contributed by atoms with Gasteiger partial charge in [-0.25, -0.2) is 15.8 Å². The Labute approximate surface area is 166 Å². The minimum Gasteiger partial charge on any atom is -0.487 e. The number of anilines is 1. The first-order valence-corrected chi connectivity index (χ1v) is 9.26. The maximum Gasteiger partial charge on any atom is 0.269 e. The molecule has 0 aliphatic carbocycles. The molecule has 0 saturated carbocycles. The van der Waals surface area contributed by atoms with Crippen LogP contribution in [0.4, 0.5) is 5.95 Å². The van der Waals surface area contributed by atoms with E-state index in [0.29, 0.717) is 11.4 Å². The lowest BCUT2D eigenvalue weighted by Crippen LogP contribution is -2.32. The van der Waals surface area contributed by atoms with Gasteiger partial charge in [-0.3, -0.25) is 10.2 Å². The van der Waals surface area contributed by atoms with Crippen LogP contribution in [0.2, 0.25) is 0 Å². The van der Waals surface area contributed by atoms with E-state index < -0.39 is 5.91 Å². The van der Waals surface area contributed by atoms with E-state index in [9.17, 15) is 4.79 Å². The van der Waals surface area contributed by atoms with E-state index in [2.05, 4.69) is 69.1 Å². The van der Waals surface area contributed by atoms with Crippen molar-refractivity contribution in [3.63, 3.8) is 0 Å². The Morgan fingerprint density at radius 3 is 2.29 bits per heavy atom. The van der Waals surface area contributed by atoms with Crippen molar-refractivity contribution in [2.24, 2.45) is 5.84 Å². The Kier molecular flexibility index (Phi) is 5.99. The van der Waals surface area contributed by atoms with Crippen LogP contribution in [0, 0.1) is 6.92 Å². The number of carbonyl (C=O) groups excluding carboxylic acids is 1. The first kappa shape index (κ1) is 21.6. The highest BCUT2D eigenvalue weighted by atomic mass is 16.5. The molecule has 0 atom stereocenters. The average Bonchev–Trinajstić information content (AvgIpc) is 2.57. The second-order valence-electron chi connectivity index (χ2n) is 8.96. The topological polar surface area (TPSA) is 116 Å². The number of aryl methyl sites for hydroxylation is 1. The van der Waals surface area contributed by atoms with Gasteiger partial charge in [0.25, 0.3) is 5.91 Å². The van der Waals surface area contributed by atoms with Gasteiger partial charge in [0, 0.05) is 0 Å². The van der Waals surface area contributed by atoms with Crippen LogP contribution in [0.5, 0.6) is 5.75 Å². The minimum absolute atomic E-state index is 0.0309. The molecule has 0 unspecified atom stereocenters. The summed E-state index contributed by atoms with van der Waals surface area (Å²) in [6.45, 7) is 14.7. The van der Waals surface area contributed by atoms with Crippen LogP contribution in [-0.4, -0.2) is 15.9 Å². The Hall–Kier alpha value is -2.67. The molecule has 1 amide bonds. The van der Waals surface area contributed by atoms with Gasteiger partial charge in [-0.2, -0.15) is 0 Å². The van der Waals surface area contributed by atoms with Gasteiger partial charge in [-0.15, -0.1) is 0 Å². The molecule has 2 aromatic rings. The van der Waals surface area contributed by atoms with Crippen molar-refractivity contribution in [2.75, 3.05) is 5.73 Å². The highest BCUT2D eigenvalue weighted by molar-refractivity contribution is 5.96. The largest absolute Gasteiger partial charge is 0.487 e. The number of benzene rings is 1. The van der Waals surface area contributed by atoms with Crippen molar-refractivity contribution in [3.8, 4) is 5.75 Å². The van der Waals surface area contributed by atoms with E-state index in [-0.39, 0.29) is 28.9 Å². The van der Waals surface area contributed by atoms with Crippen molar-refractivity contribution in [3.05, 3.63) is 46.3 Å². The van der Waals surface area contributed by atoms with Crippen molar-refractivity contribution < 1.29 is 9.53 Å². The molecule has 7 heteroatoms. The molecule has 152 valence electrons. The van der Waals surface area contributed by atoms with Gasteiger partial charge >= 0.3 is 0 Å². The molecular formula is C21H31N5O2. The zero-order valence-corrected chi connectivity index (χ0v) is 17.8. The number of hydrazine groups is 1. The van der Waals surface area contributed by atoms with E-state index in [1.165, 1.54) is 5.56 Å². The summed E-state index contributed by atoms with van der Waals surface area (Å²) >= 11 is 0. The summed E-state index contributed by atoms with van der Waals surface area (Å²) in [6, 6.07) is 6.22. The first-order chi connectivity index (χ1) is 12.8. The van der Waals surface area contributed by atoms with Crippen LogP contribution in [0.3, 0.4) is 0 Å².